The smallest absolute Gasteiger partial charge is 0.300 e. The Hall–Kier alpha value is -3.07. The average Bonchev–Trinajstić information content (AvgIpc) is 3.09. The van der Waals surface area contributed by atoms with Gasteiger partial charge in [0.15, 0.2) is 0 Å². The molecule has 0 radical (unpaired) electrons. The Morgan fingerprint density at radius 2 is 1.49 bits per heavy atom. The molecule has 206 valence electrons. The first-order valence-electron chi connectivity index (χ1n) is 15.0. The SMILES string of the molecule is Cc1nn(-c2nc3ccccc3n([C@@H]3C[C@H]4CCC[C@@H](C3)N4[C@@H]3C[C@@H]4CCCC[C@@H](C4)C3)c2=O)c(=O)[nH]c1=O. The van der Waals surface area contributed by atoms with Crippen molar-refractivity contribution < 1.29 is 0 Å². The summed E-state index contributed by atoms with van der Waals surface area (Å²) in [4.78, 5) is 48.5. The van der Waals surface area contributed by atoms with Gasteiger partial charge in [-0.15, -0.1) is 0 Å². The zero-order valence-electron chi connectivity index (χ0n) is 22.7. The monoisotopic (exact) mass is 530 g/mol. The second kappa shape index (κ2) is 9.84. The van der Waals surface area contributed by atoms with E-state index in [9.17, 15) is 14.4 Å². The van der Waals surface area contributed by atoms with Gasteiger partial charge in [-0.25, -0.2) is 9.78 Å². The first-order valence-corrected chi connectivity index (χ1v) is 15.0. The van der Waals surface area contributed by atoms with Crippen molar-refractivity contribution >= 4 is 11.0 Å². The van der Waals surface area contributed by atoms with Crippen LogP contribution in [0.1, 0.15) is 88.8 Å². The molecule has 2 aliphatic carbocycles. The summed E-state index contributed by atoms with van der Waals surface area (Å²) in [7, 11) is 0. The molecule has 0 unspecified atom stereocenters. The van der Waals surface area contributed by atoms with Crippen LogP contribution in [-0.4, -0.2) is 47.3 Å². The lowest BCUT2D eigenvalue weighted by atomic mass is 9.73. The van der Waals surface area contributed by atoms with Crippen LogP contribution in [0.3, 0.4) is 0 Å². The molecule has 2 aliphatic heterocycles. The van der Waals surface area contributed by atoms with Crippen molar-refractivity contribution in [2.24, 2.45) is 11.8 Å². The van der Waals surface area contributed by atoms with Gasteiger partial charge in [0, 0.05) is 24.2 Å². The molecular formula is C30H38N6O3. The Bertz CT molecular complexity index is 1550. The first kappa shape index (κ1) is 24.9. The van der Waals surface area contributed by atoms with E-state index in [4.69, 9.17) is 0 Å². The van der Waals surface area contributed by atoms with Crippen LogP contribution < -0.4 is 16.8 Å². The number of aromatic nitrogens is 5. The summed E-state index contributed by atoms with van der Waals surface area (Å²) in [5.74, 6) is 1.72. The van der Waals surface area contributed by atoms with Gasteiger partial charge < -0.3 is 4.57 Å². The number of para-hydroxylation sites is 2. The quantitative estimate of drug-likeness (QED) is 0.551. The molecule has 3 aromatic rings. The van der Waals surface area contributed by atoms with Crippen molar-refractivity contribution in [1.29, 1.82) is 0 Å². The van der Waals surface area contributed by atoms with Gasteiger partial charge in [0.05, 0.1) is 11.0 Å². The van der Waals surface area contributed by atoms with E-state index >= 15 is 0 Å². The van der Waals surface area contributed by atoms with Crippen molar-refractivity contribution in [2.75, 3.05) is 0 Å². The molecule has 4 fully saturated rings. The molecule has 2 aromatic heterocycles. The first-order chi connectivity index (χ1) is 19.0. The Morgan fingerprint density at radius 1 is 0.795 bits per heavy atom. The van der Waals surface area contributed by atoms with Crippen LogP contribution in [0.2, 0.25) is 0 Å². The summed E-state index contributed by atoms with van der Waals surface area (Å²) in [6.07, 6.45) is 15.2. The molecule has 1 aromatic carbocycles. The third kappa shape index (κ3) is 4.39. The normalized spacial score (nSPS) is 31.2. The van der Waals surface area contributed by atoms with E-state index in [1.807, 2.05) is 28.8 Å². The molecule has 1 N–H and O–H groups in total. The lowest BCUT2D eigenvalue weighted by molar-refractivity contribution is -0.0420. The molecule has 0 amide bonds. The number of nitrogens with zero attached hydrogens (tertiary/aromatic N) is 5. The summed E-state index contributed by atoms with van der Waals surface area (Å²) in [6.45, 7) is 1.52. The molecule has 7 rings (SSSR count). The van der Waals surface area contributed by atoms with Crippen molar-refractivity contribution in [3.8, 4) is 5.82 Å². The summed E-state index contributed by atoms with van der Waals surface area (Å²) < 4.78 is 2.84. The van der Waals surface area contributed by atoms with Gasteiger partial charge >= 0.3 is 5.69 Å². The fourth-order valence-corrected chi connectivity index (χ4v) is 8.57. The number of benzene rings is 1. The number of aryl methyl sites for hydroxylation is 1. The van der Waals surface area contributed by atoms with Crippen molar-refractivity contribution in [3.63, 3.8) is 0 Å². The van der Waals surface area contributed by atoms with Crippen LogP contribution in [0.4, 0.5) is 0 Å². The average molecular weight is 531 g/mol. The van der Waals surface area contributed by atoms with Gasteiger partial charge in [0.25, 0.3) is 11.1 Å². The van der Waals surface area contributed by atoms with Gasteiger partial charge in [-0.05, 0) is 75.8 Å². The van der Waals surface area contributed by atoms with E-state index in [2.05, 4.69) is 20.0 Å². The maximum absolute atomic E-state index is 14.1. The van der Waals surface area contributed by atoms with Crippen LogP contribution >= 0.6 is 0 Å². The minimum Gasteiger partial charge on any atom is -0.300 e. The minimum atomic E-state index is -0.748. The number of fused-ring (bicyclic) bond motifs is 5. The van der Waals surface area contributed by atoms with Gasteiger partial charge in [0.2, 0.25) is 5.82 Å². The summed E-state index contributed by atoms with van der Waals surface area (Å²) in [6, 6.07) is 9.32. The third-order valence-corrected chi connectivity index (χ3v) is 10.1. The summed E-state index contributed by atoms with van der Waals surface area (Å²) in [5, 5.41) is 4.14. The fraction of sp³-hybridized carbons (Fsp3) is 0.633. The molecule has 2 saturated heterocycles. The molecule has 9 heteroatoms. The fourth-order valence-electron chi connectivity index (χ4n) is 8.57. The third-order valence-electron chi connectivity index (χ3n) is 10.1. The molecule has 2 saturated carbocycles. The highest BCUT2D eigenvalue weighted by atomic mass is 16.2. The molecule has 4 heterocycles. The van der Waals surface area contributed by atoms with E-state index in [0.29, 0.717) is 23.6 Å². The maximum Gasteiger partial charge on any atom is 0.351 e. The van der Waals surface area contributed by atoms with E-state index in [1.54, 1.807) is 0 Å². The second-order valence-electron chi connectivity index (χ2n) is 12.5. The number of aromatic amines is 1. The topological polar surface area (TPSA) is 106 Å². The number of piperidine rings is 2. The number of rotatable bonds is 3. The van der Waals surface area contributed by atoms with Crippen LogP contribution in [0.15, 0.2) is 38.6 Å². The van der Waals surface area contributed by atoms with Crippen molar-refractivity contribution in [3.05, 3.63) is 61.2 Å². The lowest BCUT2D eigenvalue weighted by Crippen LogP contribution is -2.58. The van der Waals surface area contributed by atoms with E-state index in [-0.39, 0.29) is 23.1 Å². The molecule has 4 bridgehead atoms. The molecule has 4 aliphatic rings. The van der Waals surface area contributed by atoms with E-state index < -0.39 is 11.2 Å². The number of H-pyrrole nitrogens is 1. The highest BCUT2D eigenvalue weighted by Crippen LogP contribution is 2.47. The zero-order valence-corrected chi connectivity index (χ0v) is 22.7. The van der Waals surface area contributed by atoms with Gasteiger partial charge in [-0.2, -0.15) is 9.78 Å². The highest BCUT2D eigenvalue weighted by molar-refractivity contribution is 5.75. The largest absolute Gasteiger partial charge is 0.351 e. The van der Waals surface area contributed by atoms with Crippen molar-refractivity contribution in [1.82, 2.24) is 29.2 Å². The molecule has 39 heavy (non-hydrogen) atoms. The minimum absolute atomic E-state index is 0.0288. The van der Waals surface area contributed by atoms with Gasteiger partial charge in [-0.3, -0.25) is 19.5 Å². The Morgan fingerprint density at radius 3 is 2.21 bits per heavy atom. The van der Waals surface area contributed by atoms with Crippen LogP contribution in [-0.2, 0) is 0 Å². The highest BCUT2D eigenvalue weighted by Gasteiger charge is 2.45. The molecule has 6 atom stereocenters. The number of hydrogen-bond donors (Lipinski definition) is 1. The molecule has 0 spiro atoms. The maximum atomic E-state index is 14.1. The summed E-state index contributed by atoms with van der Waals surface area (Å²) >= 11 is 0. The van der Waals surface area contributed by atoms with Gasteiger partial charge in [0.1, 0.15) is 5.69 Å². The second-order valence-corrected chi connectivity index (χ2v) is 12.5. The molecule has 9 nitrogen and oxygen atoms in total. The van der Waals surface area contributed by atoms with E-state index in [0.717, 1.165) is 34.9 Å². The summed E-state index contributed by atoms with van der Waals surface area (Å²) in [5.41, 5.74) is -0.0711. The zero-order chi connectivity index (χ0) is 26.7. The predicted octanol–water partition coefficient (Wildman–Crippen LogP) is 3.86. The van der Waals surface area contributed by atoms with Crippen molar-refractivity contribution in [2.45, 2.75) is 108 Å². The standard InChI is InChI=1S/C30H38N6O3/c1-18-28(37)32-30(39)36(33-18)27-29(38)35(26-12-5-4-11-25(26)31-27)24-16-21-9-6-10-22(17-24)34(21)23-14-19-7-2-3-8-20(13-19)15-23/h4-5,11-12,19-24H,2-3,6-10,13-17H2,1H3,(H,32,37,39)/t19-,20+,21-,22+,23-,24-. The Kier molecular flexibility index (Phi) is 6.29. The number of nitrogens with one attached hydrogen (secondary N) is 1. The van der Waals surface area contributed by atoms with Gasteiger partial charge in [-0.1, -0.05) is 44.2 Å². The Labute approximate surface area is 227 Å². The lowest BCUT2D eigenvalue weighted by Gasteiger charge is -2.54. The number of hydrogen-bond acceptors (Lipinski definition) is 6. The Balaban J connectivity index is 1.28. The van der Waals surface area contributed by atoms with Crippen LogP contribution in [0.25, 0.3) is 16.9 Å². The van der Waals surface area contributed by atoms with Crippen LogP contribution in [0, 0.1) is 18.8 Å². The predicted molar refractivity (Wildman–Crippen MR) is 149 cm³/mol. The van der Waals surface area contributed by atoms with Crippen LogP contribution in [0.5, 0.6) is 0 Å². The van der Waals surface area contributed by atoms with E-state index in [1.165, 1.54) is 71.1 Å². The molecular weight excluding hydrogens is 492 g/mol.